The van der Waals surface area contributed by atoms with E-state index in [9.17, 15) is 0 Å². The molecule has 0 spiro atoms. The summed E-state index contributed by atoms with van der Waals surface area (Å²) in [5.41, 5.74) is 1.52. The van der Waals surface area contributed by atoms with Crippen LogP contribution in [0.5, 0.6) is 5.88 Å². The standard InChI is InChI=1S/C12H10N6O/c1-19-12-3-2-11(16-17-12)18-10(4-5-15-18)9-8-13-6-7-14-9/h2-8H,1H3. The summed E-state index contributed by atoms with van der Waals surface area (Å²) in [7, 11) is 1.54. The van der Waals surface area contributed by atoms with Gasteiger partial charge in [-0.2, -0.15) is 5.10 Å². The molecule has 0 amide bonds. The molecule has 3 aromatic heterocycles. The Balaban J connectivity index is 2.04. The Morgan fingerprint density at radius 2 is 2.00 bits per heavy atom. The molecule has 19 heavy (non-hydrogen) atoms. The third-order valence-corrected chi connectivity index (χ3v) is 2.52. The summed E-state index contributed by atoms with van der Waals surface area (Å²) < 4.78 is 6.63. The van der Waals surface area contributed by atoms with E-state index < -0.39 is 0 Å². The van der Waals surface area contributed by atoms with Gasteiger partial charge in [-0.05, 0) is 12.1 Å². The first-order valence-electron chi connectivity index (χ1n) is 5.57. The Kier molecular flexibility index (Phi) is 2.85. The molecule has 0 unspecified atom stereocenters. The van der Waals surface area contributed by atoms with E-state index in [2.05, 4.69) is 25.3 Å². The van der Waals surface area contributed by atoms with E-state index in [0.717, 1.165) is 11.4 Å². The summed E-state index contributed by atoms with van der Waals surface area (Å²) >= 11 is 0. The van der Waals surface area contributed by atoms with Gasteiger partial charge in [0.15, 0.2) is 5.82 Å². The highest BCUT2D eigenvalue weighted by molar-refractivity contribution is 5.55. The molecule has 3 aromatic rings. The zero-order chi connectivity index (χ0) is 13.1. The molecule has 0 radical (unpaired) electrons. The van der Waals surface area contributed by atoms with Gasteiger partial charge in [-0.15, -0.1) is 10.2 Å². The second kappa shape index (κ2) is 4.81. The number of hydrogen-bond donors (Lipinski definition) is 0. The van der Waals surface area contributed by atoms with Gasteiger partial charge in [-0.25, -0.2) is 4.68 Å². The third kappa shape index (κ3) is 2.13. The van der Waals surface area contributed by atoms with Crippen molar-refractivity contribution in [1.29, 1.82) is 0 Å². The maximum atomic E-state index is 4.98. The summed E-state index contributed by atoms with van der Waals surface area (Å²) in [6.45, 7) is 0. The predicted octanol–water partition coefficient (Wildman–Crippen LogP) is 1.13. The topological polar surface area (TPSA) is 78.6 Å². The molecule has 7 heteroatoms. The molecule has 3 rings (SSSR count). The fourth-order valence-corrected chi connectivity index (χ4v) is 1.65. The SMILES string of the molecule is COc1ccc(-n2nccc2-c2cnccn2)nn1. The number of hydrogen-bond acceptors (Lipinski definition) is 6. The quantitative estimate of drug-likeness (QED) is 0.697. The zero-order valence-corrected chi connectivity index (χ0v) is 10.1. The van der Waals surface area contributed by atoms with Crippen LogP contribution in [0.1, 0.15) is 0 Å². The third-order valence-electron chi connectivity index (χ3n) is 2.52. The molecule has 0 bridgehead atoms. The smallest absolute Gasteiger partial charge is 0.233 e. The number of ether oxygens (including phenoxy) is 1. The van der Waals surface area contributed by atoms with Crippen molar-refractivity contribution in [2.24, 2.45) is 0 Å². The highest BCUT2D eigenvalue weighted by Crippen LogP contribution is 2.18. The fraction of sp³-hybridized carbons (Fsp3) is 0.0833. The van der Waals surface area contributed by atoms with E-state index in [1.54, 1.807) is 48.7 Å². The largest absolute Gasteiger partial charge is 0.480 e. The lowest BCUT2D eigenvalue weighted by Gasteiger charge is -2.05. The van der Waals surface area contributed by atoms with E-state index in [4.69, 9.17) is 4.74 Å². The molecular formula is C12H10N6O. The lowest BCUT2D eigenvalue weighted by atomic mass is 10.3. The van der Waals surface area contributed by atoms with Crippen LogP contribution in [0.4, 0.5) is 0 Å². The molecule has 0 aliphatic rings. The van der Waals surface area contributed by atoms with Gasteiger partial charge < -0.3 is 4.74 Å². The van der Waals surface area contributed by atoms with Crippen LogP contribution in [0.15, 0.2) is 43.0 Å². The molecule has 7 nitrogen and oxygen atoms in total. The van der Waals surface area contributed by atoms with Gasteiger partial charge in [-0.1, -0.05) is 0 Å². The first-order valence-corrected chi connectivity index (χ1v) is 5.57. The minimum atomic E-state index is 0.456. The van der Waals surface area contributed by atoms with Gasteiger partial charge in [0.25, 0.3) is 0 Å². The Hall–Kier alpha value is -2.83. The van der Waals surface area contributed by atoms with E-state index in [1.807, 2.05) is 6.07 Å². The summed E-state index contributed by atoms with van der Waals surface area (Å²) in [6, 6.07) is 5.35. The van der Waals surface area contributed by atoms with Crippen LogP contribution in [0.3, 0.4) is 0 Å². The Morgan fingerprint density at radius 3 is 2.68 bits per heavy atom. The summed E-state index contributed by atoms with van der Waals surface area (Å²) in [5, 5.41) is 12.2. The van der Waals surface area contributed by atoms with E-state index >= 15 is 0 Å². The lowest BCUT2D eigenvalue weighted by molar-refractivity contribution is 0.391. The van der Waals surface area contributed by atoms with Crippen LogP contribution in [0.2, 0.25) is 0 Å². The number of methoxy groups -OCH3 is 1. The highest BCUT2D eigenvalue weighted by atomic mass is 16.5. The van der Waals surface area contributed by atoms with E-state index in [1.165, 1.54) is 0 Å². The molecule has 94 valence electrons. The van der Waals surface area contributed by atoms with Crippen LogP contribution in [-0.2, 0) is 0 Å². The predicted molar refractivity (Wildman–Crippen MR) is 66.7 cm³/mol. The van der Waals surface area contributed by atoms with Crippen molar-refractivity contribution in [3.05, 3.63) is 43.0 Å². The molecule has 0 saturated heterocycles. The van der Waals surface area contributed by atoms with Crippen molar-refractivity contribution in [2.45, 2.75) is 0 Å². The van der Waals surface area contributed by atoms with Crippen molar-refractivity contribution < 1.29 is 4.74 Å². The second-order valence-corrected chi connectivity index (χ2v) is 3.65. The van der Waals surface area contributed by atoms with E-state index in [-0.39, 0.29) is 0 Å². The molecular weight excluding hydrogens is 244 g/mol. The molecule has 0 fully saturated rings. The van der Waals surface area contributed by atoms with Gasteiger partial charge in [0.1, 0.15) is 5.69 Å². The maximum Gasteiger partial charge on any atom is 0.233 e. The van der Waals surface area contributed by atoms with Crippen molar-refractivity contribution in [2.75, 3.05) is 7.11 Å². The normalized spacial score (nSPS) is 10.4. The van der Waals surface area contributed by atoms with Crippen molar-refractivity contribution in [3.63, 3.8) is 0 Å². The average molecular weight is 254 g/mol. The van der Waals surface area contributed by atoms with Crippen molar-refractivity contribution in [3.8, 4) is 23.1 Å². The number of aromatic nitrogens is 6. The Labute approximate surface area is 108 Å². The monoisotopic (exact) mass is 254 g/mol. The Bertz CT molecular complexity index is 664. The molecule has 0 atom stereocenters. The zero-order valence-electron chi connectivity index (χ0n) is 10.1. The van der Waals surface area contributed by atoms with Crippen LogP contribution in [0, 0.1) is 0 Å². The Morgan fingerprint density at radius 1 is 1.05 bits per heavy atom. The van der Waals surface area contributed by atoms with Gasteiger partial charge >= 0.3 is 0 Å². The van der Waals surface area contributed by atoms with Crippen LogP contribution in [-0.4, -0.2) is 37.1 Å². The summed E-state index contributed by atoms with van der Waals surface area (Å²) in [4.78, 5) is 8.29. The minimum Gasteiger partial charge on any atom is -0.480 e. The van der Waals surface area contributed by atoms with Crippen molar-refractivity contribution in [1.82, 2.24) is 29.9 Å². The second-order valence-electron chi connectivity index (χ2n) is 3.65. The van der Waals surface area contributed by atoms with Gasteiger partial charge in [-0.3, -0.25) is 9.97 Å². The summed E-state index contributed by atoms with van der Waals surface area (Å²) in [6.07, 6.45) is 6.60. The molecule has 0 saturated carbocycles. The number of nitrogens with zero attached hydrogens (tertiary/aromatic N) is 6. The van der Waals surface area contributed by atoms with Crippen LogP contribution >= 0.6 is 0 Å². The van der Waals surface area contributed by atoms with Gasteiger partial charge in [0.05, 0.1) is 25.2 Å². The molecule has 0 N–H and O–H groups in total. The molecule has 0 aliphatic heterocycles. The van der Waals surface area contributed by atoms with Gasteiger partial charge in [0, 0.05) is 18.5 Å². The van der Waals surface area contributed by atoms with Crippen LogP contribution < -0.4 is 4.74 Å². The maximum absolute atomic E-state index is 4.98. The lowest BCUT2D eigenvalue weighted by Crippen LogP contribution is -2.04. The van der Waals surface area contributed by atoms with E-state index in [0.29, 0.717) is 11.7 Å². The number of rotatable bonds is 3. The fourth-order valence-electron chi connectivity index (χ4n) is 1.65. The molecule has 0 aromatic carbocycles. The summed E-state index contributed by atoms with van der Waals surface area (Å²) in [5.74, 6) is 1.04. The minimum absolute atomic E-state index is 0.456. The van der Waals surface area contributed by atoms with Gasteiger partial charge in [0.2, 0.25) is 5.88 Å². The molecule has 3 heterocycles. The average Bonchev–Trinajstić information content (AvgIpc) is 2.98. The highest BCUT2D eigenvalue weighted by Gasteiger charge is 2.10. The van der Waals surface area contributed by atoms with Crippen LogP contribution in [0.25, 0.3) is 17.2 Å². The molecule has 0 aliphatic carbocycles. The first kappa shape index (κ1) is 11.3. The van der Waals surface area contributed by atoms with Crippen molar-refractivity contribution >= 4 is 0 Å². The first-order chi connectivity index (χ1) is 9.38.